The molecule has 5 rings (SSSR count). The first-order valence-corrected chi connectivity index (χ1v) is 14.8. The number of aldehydes is 1. The molecule has 8 nitrogen and oxygen atoms in total. The molecule has 206 valence electrons. The number of hydrogen-bond donors (Lipinski definition) is 1. The lowest BCUT2D eigenvalue weighted by Gasteiger charge is -2.35. The van der Waals surface area contributed by atoms with Crippen molar-refractivity contribution in [2.75, 3.05) is 37.7 Å². The number of ether oxygens (including phenoxy) is 1. The fourth-order valence-electron chi connectivity index (χ4n) is 4.71. The Labute approximate surface area is 235 Å². The summed E-state index contributed by atoms with van der Waals surface area (Å²) in [6.45, 7) is 4.60. The zero-order valence-corrected chi connectivity index (χ0v) is 23.2. The second-order valence-electron chi connectivity index (χ2n) is 9.79. The van der Waals surface area contributed by atoms with Crippen molar-refractivity contribution in [2.24, 2.45) is 4.99 Å². The molecule has 9 heteroatoms. The Balaban J connectivity index is 1.23. The van der Waals surface area contributed by atoms with E-state index in [1.165, 1.54) is 16.8 Å². The van der Waals surface area contributed by atoms with E-state index in [0.29, 0.717) is 45.6 Å². The van der Waals surface area contributed by atoms with Crippen LogP contribution in [0.1, 0.15) is 35.6 Å². The van der Waals surface area contributed by atoms with Gasteiger partial charge in [-0.15, -0.1) is 0 Å². The van der Waals surface area contributed by atoms with Gasteiger partial charge in [0.1, 0.15) is 12.0 Å². The highest BCUT2D eigenvalue weighted by molar-refractivity contribution is 7.87. The van der Waals surface area contributed by atoms with Crippen molar-refractivity contribution in [1.82, 2.24) is 9.03 Å². The van der Waals surface area contributed by atoms with E-state index in [4.69, 9.17) is 9.73 Å². The van der Waals surface area contributed by atoms with Crippen LogP contribution in [0.25, 0.3) is 0 Å². The van der Waals surface area contributed by atoms with Crippen LogP contribution in [0.15, 0.2) is 77.8 Å². The molecular formula is C31H32N4O4S. The lowest BCUT2D eigenvalue weighted by atomic mass is 10.0. The average molecular weight is 557 g/mol. The van der Waals surface area contributed by atoms with Crippen LogP contribution in [0.5, 0.6) is 5.75 Å². The fourth-order valence-corrected chi connectivity index (χ4v) is 6.03. The summed E-state index contributed by atoms with van der Waals surface area (Å²) in [6, 6.07) is 23.4. The number of piperazine rings is 1. The maximum absolute atomic E-state index is 12.4. The summed E-state index contributed by atoms with van der Waals surface area (Å²) in [5.74, 6) is 7.36. The highest BCUT2D eigenvalue weighted by atomic mass is 32.2. The molecule has 0 spiro atoms. The smallest absolute Gasteiger partial charge is 0.280 e. The lowest BCUT2D eigenvalue weighted by Crippen LogP contribution is -2.53. The van der Waals surface area contributed by atoms with Gasteiger partial charge in [-0.2, -0.15) is 17.4 Å². The van der Waals surface area contributed by atoms with E-state index in [9.17, 15) is 13.2 Å². The molecule has 1 N–H and O–H groups in total. The minimum atomic E-state index is -3.67. The molecule has 2 heterocycles. The molecule has 1 atom stereocenters. The third-order valence-electron chi connectivity index (χ3n) is 6.88. The first-order valence-electron chi connectivity index (χ1n) is 13.4. The van der Waals surface area contributed by atoms with Crippen molar-refractivity contribution in [3.8, 4) is 17.6 Å². The van der Waals surface area contributed by atoms with E-state index < -0.39 is 16.3 Å². The summed E-state index contributed by atoms with van der Waals surface area (Å²) in [7, 11) is -3.67. The van der Waals surface area contributed by atoms with Crippen molar-refractivity contribution < 1.29 is 17.9 Å². The number of aliphatic imine (C=N–C) groups is 1. The quantitative estimate of drug-likeness (QED) is 0.356. The van der Waals surface area contributed by atoms with Gasteiger partial charge >= 0.3 is 0 Å². The second-order valence-corrected chi connectivity index (χ2v) is 11.5. The normalized spacial score (nSPS) is 17.3. The van der Waals surface area contributed by atoms with Gasteiger partial charge in [-0.3, -0.25) is 4.99 Å². The Morgan fingerprint density at radius 1 is 0.975 bits per heavy atom. The van der Waals surface area contributed by atoms with E-state index >= 15 is 0 Å². The van der Waals surface area contributed by atoms with E-state index in [2.05, 4.69) is 39.7 Å². The predicted molar refractivity (Wildman–Crippen MR) is 157 cm³/mol. The molecule has 3 aromatic rings. The Kier molecular flexibility index (Phi) is 8.60. The summed E-state index contributed by atoms with van der Waals surface area (Å²) in [4.78, 5) is 17.8. The minimum Gasteiger partial charge on any atom is -0.492 e. The molecular weight excluding hydrogens is 524 g/mol. The molecule has 40 heavy (non-hydrogen) atoms. The third kappa shape index (κ3) is 6.77. The van der Waals surface area contributed by atoms with Crippen molar-refractivity contribution in [1.29, 1.82) is 0 Å². The topological polar surface area (TPSA) is 91.3 Å². The Bertz CT molecular complexity index is 1540. The monoisotopic (exact) mass is 556 g/mol. The molecule has 0 saturated carbocycles. The standard InChI is InChI=1S/C31H32N4O4S/c1-24(23-36)33-40(37,38)35-18-16-34(17-19-35)28-12-9-25(10-13-28)7-8-26-11-14-31-29(21-26)30(15-20-39-31)32-22-27-5-3-2-4-6-27/h2-6,9-14,21,23-24,33H,15-20,22H2,1H3/t24-/m1/s1. The zero-order chi connectivity index (χ0) is 28.0. The molecule has 0 aromatic heterocycles. The van der Waals surface area contributed by atoms with Gasteiger partial charge in [0.2, 0.25) is 0 Å². The average Bonchev–Trinajstić information content (AvgIpc) is 2.99. The number of nitrogens with zero attached hydrogens (tertiary/aromatic N) is 3. The molecule has 0 aliphatic carbocycles. The lowest BCUT2D eigenvalue weighted by molar-refractivity contribution is -0.108. The number of rotatable bonds is 7. The Morgan fingerprint density at radius 2 is 1.68 bits per heavy atom. The first kappa shape index (κ1) is 27.6. The van der Waals surface area contributed by atoms with Gasteiger partial charge in [-0.25, -0.2) is 0 Å². The van der Waals surface area contributed by atoms with Crippen molar-refractivity contribution in [2.45, 2.75) is 25.9 Å². The molecule has 3 aromatic carbocycles. The van der Waals surface area contributed by atoms with E-state index in [0.717, 1.165) is 40.3 Å². The number of carbonyl (C=O) groups excluding carboxylic acids is 1. The van der Waals surface area contributed by atoms with Gasteiger partial charge < -0.3 is 14.4 Å². The minimum absolute atomic E-state index is 0.348. The fraction of sp³-hybridized carbons (Fsp3) is 0.290. The van der Waals surface area contributed by atoms with Crippen molar-refractivity contribution >= 4 is 27.9 Å². The van der Waals surface area contributed by atoms with Gasteiger partial charge in [-0.1, -0.05) is 42.2 Å². The van der Waals surface area contributed by atoms with Crippen molar-refractivity contribution in [3.05, 3.63) is 95.1 Å². The largest absolute Gasteiger partial charge is 0.492 e. The first-order chi connectivity index (χ1) is 19.4. The zero-order valence-electron chi connectivity index (χ0n) is 22.4. The second kappa shape index (κ2) is 12.5. The van der Waals surface area contributed by atoms with Gasteiger partial charge in [0.25, 0.3) is 10.2 Å². The van der Waals surface area contributed by atoms with Gasteiger partial charge in [-0.05, 0) is 55.0 Å². The van der Waals surface area contributed by atoms with Crippen LogP contribution in [-0.4, -0.2) is 63.5 Å². The molecule has 2 aliphatic rings. The number of nitrogens with one attached hydrogen (secondary N) is 1. The molecule has 0 unspecified atom stereocenters. The van der Waals surface area contributed by atoms with Gasteiger partial charge in [0.05, 0.1) is 19.2 Å². The highest BCUT2D eigenvalue weighted by Gasteiger charge is 2.28. The predicted octanol–water partition coefficient (Wildman–Crippen LogP) is 3.40. The maximum Gasteiger partial charge on any atom is 0.280 e. The number of carbonyl (C=O) groups is 1. The van der Waals surface area contributed by atoms with Crippen LogP contribution in [0, 0.1) is 11.8 Å². The molecule has 1 saturated heterocycles. The number of anilines is 1. The number of hydrogen-bond acceptors (Lipinski definition) is 6. The summed E-state index contributed by atoms with van der Waals surface area (Å²) in [6.07, 6.45) is 1.35. The molecule has 0 amide bonds. The summed E-state index contributed by atoms with van der Waals surface area (Å²) in [5.41, 5.74) is 6.03. The molecule has 0 radical (unpaired) electrons. The van der Waals surface area contributed by atoms with E-state index in [-0.39, 0.29) is 0 Å². The van der Waals surface area contributed by atoms with Crippen LogP contribution < -0.4 is 14.4 Å². The van der Waals surface area contributed by atoms with E-state index in [1.54, 1.807) is 0 Å². The highest BCUT2D eigenvalue weighted by Crippen LogP contribution is 2.27. The Morgan fingerprint density at radius 3 is 2.40 bits per heavy atom. The van der Waals surface area contributed by atoms with Crippen LogP contribution in [0.3, 0.4) is 0 Å². The van der Waals surface area contributed by atoms with E-state index in [1.807, 2.05) is 54.6 Å². The summed E-state index contributed by atoms with van der Waals surface area (Å²) >= 11 is 0. The number of fused-ring (bicyclic) bond motifs is 1. The van der Waals surface area contributed by atoms with Crippen LogP contribution in [-0.2, 0) is 21.5 Å². The van der Waals surface area contributed by atoms with Crippen LogP contribution >= 0.6 is 0 Å². The number of benzene rings is 3. The van der Waals surface area contributed by atoms with Gasteiger partial charge in [0, 0.05) is 60.7 Å². The summed E-state index contributed by atoms with van der Waals surface area (Å²) < 4.78 is 34.5. The van der Waals surface area contributed by atoms with Gasteiger partial charge in [0.15, 0.2) is 0 Å². The van der Waals surface area contributed by atoms with Crippen LogP contribution in [0.2, 0.25) is 0 Å². The van der Waals surface area contributed by atoms with Crippen LogP contribution in [0.4, 0.5) is 5.69 Å². The molecule has 2 aliphatic heterocycles. The Hall–Kier alpha value is -3.97. The SMILES string of the molecule is C[C@H](C=O)NS(=O)(=O)N1CCN(c2ccc(C#Cc3ccc4c(c3)C(=NCc3ccccc3)CCO4)cc2)CC1. The summed E-state index contributed by atoms with van der Waals surface area (Å²) in [5, 5.41) is 0. The third-order valence-corrected chi connectivity index (χ3v) is 8.60. The maximum atomic E-state index is 12.4. The van der Waals surface area contributed by atoms with Crippen molar-refractivity contribution in [3.63, 3.8) is 0 Å². The molecule has 1 fully saturated rings. The molecule has 0 bridgehead atoms.